The number of anilines is 2. The smallest absolute Gasteiger partial charge is 0.267 e. The molecule has 0 fully saturated rings. The topological polar surface area (TPSA) is 118 Å². The predicted octanol–water partition coefficient (Wildman–Crippen LogP) is 4.23. The van der Waals surface area contributed by atoms with E-state index in [9.17, 15) is 18.0 Å². The second kappa shape index (κ2) is 8.04. The molecule has 0 aliphatic carbocycles. The van der Waals surface area contributed by atoms with Crippen molar-refractivity contribution in [1.29, 1.82) is 0 Å². The van der Waals surface area contributed by atoms with Crippen LogP contribution < -0.4 is 10.0 Å². The Morgan fingerprint density at radius 1 is 1.30 bits per heavy atom. The molecule has 2 aromatic heterocycles. The Morgan fingerprint density at radius 2 is 2.13 bits per heavy atom. The molecule has 0 saturated carbocycles. The Kier molecular flexibility index (Phi) is 2.42. The van der Waals surface area contributed by atoms with Gasteiger partial charge in [-0.1, -0.05) is 11.2 Å². The van der Waals surface area contributed by atoms with Crippen molar-refractivity contribution < 1.29 is 44.5 Å². The summed E-state index contributed by atoms with van der Waals surface area (Å²) in [5, 5.41) is 3.83. The Labute approximate surface area is 200 Å². The molecule has 0 aliphatic heterocycles. The maximum atomic E-state index is 13.7. The highest BCUT2D eigenvalue weighted by Crippen LogP contribution is 2.29. The number of benzene rings is 1. The summed E-state index contributed by atoms with van der Waals surface area (Å²) in [7, 11) is -5.18. The summed E-state index contributed by atoms with van der Waals surface area (Å²) in [6.07, 6.45) is 0. The highest BCUT2D eigenvalue weighted by molar-refractivity contribution is 7.93. The third-order valence-electron chi connectivity index (χ3n) is 3.62. The molecule has 0 spiro atoms. The van der Waals surface area contributed by atoms with Crippen LogP contribution >= 0.6 is 11.3 Å². The third-order valence-corrected chi connectivity index (χ3v) is 5.95. The number of Topliss-reactive ketones (excluding diaryl/α,β-unsaturated/α-hetero) is 1. The number of nitrogens with zero attached hydrogens (tertiary/aromatic N) is 1. The van der Waals surface area contributed by atoms with Gasteiger partial charge in [-0.05, 0) is 62.9 Å². The maximum Gasteiger partial charge on any atom is 0.267 e. The number of sulfonamides is 1. The quantitative estimate of drug-likeness (QED) is 0.528. The molecular weight excluding hydrogens is 426 g/mol. The lowest BCUT2D eigenvalue weighted by Gasteiger charge is -2.14. The van der Waals surface area contributed by atoms with Crippen molar-refractivity contribution in [1.82, 2.24) is 5.16 Å². The zero-order valence-electron chi connectivity index (χ0n) is 30.9. The molecule has 158 valence electrons. The van der Waals surface area contributed by atoms with Gasteiger partial charge in [0.05, 0.1) is 14.1 Å². The lowest BCUT2D eigenvalue weighted by molar-refractivity contribution is 0.101. The van der Waals surface area contributed by atoms with Crippen LogP contribution in [0.4, 0.5) is 11.6 Å². The van der Waals surface area contributed by atoms with Gasteiger partial charge < -0.3 is 9.83 Å². The minimum atomic E-state index is -5.18. The number of rotatable bonds is 6. The molecule has 10 heteroatoms. The zero-order valence-corrected chi connectivity index (χ0v) is 16.5. The molecule has 0 unspecified atom stereocenters. The molecule has 0 radical (unpaired) electrons. The number of hydrogen-bond acceptors (Lipinski definition) is 7. The number of carbonyl (C=O) groups is 2. The summed E-state index contributed by atoms with van der Waals surface area (Å²) < 4.78 is 156. The molecule has 1 aromatic carbocycles. The van der Waals surface area contributed by atoms with Gasteiger partial charge >= 0.3 is 0 Å². The summed E-state index contributed by atoms with van der Waals surface area (Å²) in [6.45, 7) is -12.5. The van der Waals surface area contributed by atoms with E-state index in [1.165, 1.54) is 0 Å². The first-order valence-corrected chi connectivity index (χ1v) is 10.0. The Balaban J connectivity index is 2.32. The van der Waals surface area contributed by atoms with Gasteiger partial charge in [0, 0.05) is 27.6 Å². The molecule has 1 amide bonds. The SMILES string of the molecule is [2H]c1c(C(=O)C([2H])([2H])[2H])c(N([2H])C(=O)c2sccc2S(=O)(=O)N([2H])c2onc(C([2H])([2H])[2H])c2C)c(C([2H])([2H])[2H])c([2H])c1C([2H])([2H])[2H]. The summed E-state index contributed by atoms with van der Waals surface area (Å²) in [4.78, 5) is 24.8. The van der Waals surface area contributed by atoms with Crippen molar-refractivity contribution in [3.63, 3.8) is 0 Å². The number of aromatic nitrogens is 1. The largest absolute Gasteiger partial charge is 0.337 e. The molecule has 0 aliphatic rings. The molecule has 3 rings (SSSR count). The number of hydrogen-bond donors (Lipinski definition) is 2. The van der Waals surface area contributed by atoms with E-state index in [4.69, 9.17) is 26.5 Å². The van der Waals surface area contributed by atoms with Crippen molar-refractivity contribution >= 4 is 44.6 Å². The van der Waals surface area contributed by atoms with Crippen LogP contribution in [0.2, 0.25) is 2.82 Å². The normalized spacial score (nSPS) is 20.8. The van der Waals surface area contributed by atoms with Crippen LogP contribution in [0, 0.1) is 27.5 Å². The van der Waals surface area contributed by atoms with Gasteiger partial charge in [0.1, 0.15) is 9.77 Å². The first-order chi connectivity index (χ1) is 20.6. The van der Waals surface area contributed by atoms with Crippen LogP contribution in [0.25, 0.3) is 0 Å². The van der Waals surface area contributed by atoms with Gasteiger partial charge in [-0.3, -0.25) is 9.59 Å². The van der Waals surface area contributed by atoms with Crippen LogP contribution in [0.1, 0.15) is 68.5 Å². The van der Waals surface area contributed by atoms with E-state index in [2.05, 4.69) is 5.16 Å². The third kappa shape index (κ3) is 4.14. The van der Waals surface area contributed by atoms with E-state index >= 15 is 0 Å². The van der Waals surface area contributed by atoms with Crippen LogP contribution in [0.3, 0.4) is 0 Å². The van der Waals surface area contributed by atoms with Gasteiger partial charge in [0.25, 0.3) is 15.9 Å². The fourth-order valence-corrected chi connectivity index (χ4v) is 4.45. The van der Waals surface area contributed by atoms with E-state index in [0.717, 1.165) is 18.4 Å². The number of thiophene rings is 1. The second-order valence-corrected chi connectivity index (χ2v) is 8.10. The fourth-order valence-electron chi connectivity index (χ4n) is 2.18. The average Bonchev–Trinajstić information content (AvgIpc) is 3.51. The Morgan fingerprint density at radius 3 is 2.80 bits per heavy atom. The van der Waals surface area contributed by atoms with E-state index < -0.39 is 110 Å². The zero-order chi connectivity index (χ0) is 35.7. The van der Waals surface area contributed by atoms with Crippen molar-refractivity contribution in [3.05, 3.63) is 56.4 Å². The predicted molar refractivity (Wildman–Crippen MR) is 115 cm³/mol. The molecule has 3 aromatic rings. The van der Waals surface area contributed by atoms with Crippen molar-refractivity contribution in [2.75, 3.05) is 10.0 Å². The van der Waals surface area contributed by atoms with Gasteiger partial charge in [-0.15, -0.1) is 11.3 Å². The average molecular weight is 464 g/mol. The summed E-state index contributed by atoms with van der Waals surface area (Å²) in [5.41, 5.74) is -6.84. The number of aryl methyl sites for hydroxylation is 1. The molecule has 2 N–H and O–H groups in total. The number of carbonyl (C=O) groups excluding carboxylic acids is 2. The van der Waals surface area contributed by atoms with Crippen molar-refractivity contribution in [2.24, 2.45) is 0 Å². The number of nitrogens with one attached hydrogen (secondary N) is 2. The lowest BCUT2D eigenvalue weighted by Crippen LogP contribution is -2.20. The van der Waals surface area contributed by atoms with E-state index in [1.54, 1.807) is 0 Å². The first-order valence-electron chi connectivity index (χ1n) is 15.6. The molecule has 0 atom stereocenters. The maximum absolute atomic E-state index is 13.7. The summed E-state index contributed by atoms with van der Waals surface area (Å²) in [5.74, 6) is -4.69. The molecular formula is C20H21N3O5S2. The van der Waals surface area contributed by atoms with Gasteiger partial charge in [-0.25, -0.2) is 13.1 Å². The van der Waals surface area contributed by atoms with Crippen LogP contribution in [0.15, 0.2) is 32.9 Å². The van der Waals surface area contributed by atoms with E-state index in [1.807, 2.05) is 0 Å². The molecule has 2 heterocycles. The molecule has 0 bridgehead atoms. The monoisotopic (exact) mass is 463 g/mol. The van der Waals surface area contributed by atoms with E-state index in [-0.39, 0.29) is 10.3 Å². The summed E-state index contributed by atoms with van der Waals surface area (Å²) >= 11 is 0.326. The second-order valence-electron chi connectivity index (χ2n) is 5.61. The van der Waals surface area contributed by atoms with Crippen LogP contribution in [0.5, 0.6) is 0 Å². The van der Waals surface area contributed by atoms with Gasteiger partial charge in [0.2, 0.25) is 5.88 Å². The number of ketones is 1. The highest BCUT2D eigenvalue weighted by Gasteiger charge is 2.27. The standard InChI is InChI=1S/C20H21N3O5S2/c1-10-8-11(2)17(15(9-10)14(5)24)21-19(25)18-16(6-7-29-18)30(26,27)23-20-12(3)13(4)22-28-20/h6-9,23H,1-5H3,(H,21,25)/i1D3,2D3,4D3,5D3,8D,9D/hD2. The molecule has 30 heavy (non-hydrogen) atoms. The van der Waals surface area contributed by atoms with Gasteiger partial charge in [-0.2, -0.15) is 0 Å². The Bertz CT molecular complexity index is 1820. The first kappa shape index (κ1) is 9.03. The summed E-state index contributed by atoms with van der Waals surface area (Å²) in [6, 6.07) is -2.11. The van der Waals surface area contributed by atoms with Crippen LogP contribution in [-0.4, -0.2) is 25.3 Å². The Hall–Kier alpha value is -2.98. The van der Waals surface area contributed by atoms with Crippen molar-refractivity contribution in [2.45, 2.75) is 39.2 Å². The van der Waals surface area contributed by atoms with Gasteiger partial charge in [0.15, 0.2) is 8.61 Å². The minimum absolute atomic E-state index is 0.302. The fraction of sp³-hybridized carbons (Fsp3) is 0.250. The van der Waals surface area contributed by atoms with Crippen molar-refractivity contribution in [3.8, 4) is 0 Å². The van der Waals surface area contributed by atoms with E-state index in [0.29, 0.717) is 11.3 Å². The highest BCUT2D eigenvalue weighted by atomic mass is 32.2. The molecule has 8 nitrogen and oxygen atoms in total. The number of amides is 1. The lowest BCUT2D eigenvalue weighted by atomic mass is 10.0. The minimum Gasteiger partial charge on any atom is -0.337 e. The van der Waals surface area contributed by atoms with Crippen LogP contribution in [-0.2, 0) is 10.0 Å². The molecule has 0 saturated heterocycles.